The molecule has 0 atom stereocenters. The summed E-state index contributed by atoms with van der Waals surface area (Å²) in [4.78, 5) is 0. The van der Waals surface area contributed by atoms with Crippen LogP contribution in [0.5, 0.6) is 11.5 Å². The van der Waals surface area contributed by atoms with Crippen molar-refractivity contribution >= 4 is 11.8 Å². The van der Waals surface area contributed by atoms with E-state index in [9.17, 15) is 0 Å². The summed E-state index contributed by atoms with van der Waals surface area (Å²) in [5.41, 5.74) is 2.75. The van der Waals surface area contributed by atoms with E-state index in [1.165, 1.54) is 0 Å². The lowest BCUT2D eigenvalue weighted by Gasteiger charge is -2.10. The first-order valence-corrected chi connectivity index (χ1v) is 9.72. The molecule has 0 saturated heterocycles. The molecule has 0 N–H and O–H groups in total. The molecule has 1 aliphatic rings. The highest BCUT2D eigenvalue weighted by molar-refractivity contribution is 7.98. The quantitative estimate of drug-likeness (QED) is 0.470. The Bertz CT molecular complexity index is 1120. The van der Waals surface area contributed by atoms with E-state index in [1.807, 2.05) is 66.1 Å². The summed E-state index contributed by atoms with van der Waals surface area (Å²) in [6.07, 6.45) is 0. The van der Waals surface area contributed by atoms with Gasteiger partial charge in [-0.3, -0.25) is 4.57 Å². The number of nitrogens with zero attached hydrogens (tertiary/aromatic N) is 4. The van der Waals surface area contributed by atoms with Gasteiger partial charge in [-0.05, 0) is 37.3 Å². The van der Waals surface area contributed by atoms with Crippen molar-refractivity contribution in [2.24, 2.45) is 0 Å². The number of para-hydroxylation sites is 1. The number of ether oxygens (including phenoxy) is 2. The maximum atomic E-state index is 5.52. The molecule has 0 amide bonds. The van der Waals surface area contributed by atoms with Gasteiger partial charge in [-0.25, -0.2) is 0 Å². The molecule has 2 aromatic heterocycles. The average Bonchev–Trinajstić information content (AvgIpc) is 3.45. The highest BCUT2D eigenvalue weighted by Crippen LogP contribution is 2.37. The van der Waals surface area contributed by atoms with Gasteiger partial charge in [0.25, 0.3) is 0 Å². The van der Waals surface area contributed by atoms with Crippen molar-refractivity contribution in [1.29, 1.82) is 0 Å². The van der Waals surface area contributed by atoms with Gasteiger partial charge in [-0.15, -0.1) is 10.2 Å². The molecule has 2 aromatic carbocycles. The van der Waals surface area contributed by atoms with E-state index in [-0.39, 0.29) is 6.79 Å². The maximum Gasteiger partial charge on any atom is 0.231 e. The molecule has 0 bridgehead atoms. The van der Waals surface area contributed by atoms with E-state index < -0.39 is 0 Å². The Hall–Kier alpha value is -3.26. The van der Waals surface area contributed by atoms with Crippen LogP contribution in [0.3, 0.4) is 0 Å². The number of fused-ring (bicyclic) bond motifs is 1. The van der Waals surface area contributed by atoms with Crippen molar-refractivity contribution in [2.75, 3.05) is 6.79 Å². The predicted molar refractivity (Wildman–Crippen MR) is 104 cm³/mol. The van der Waals surface area contributed by atoms with Gasteiger partial charge in [0, 0.05) is 17.3 Å². The van der Waals surface area contributed by atoms with Gasteiger partial charge < -0.3 is 14.0 Å². The van der Waals surface area contributed by atoms with Gasteiger partial charge in [0.1, 0.15) is 5.76 Å². The summed E-state index contributed by atoms with van der Waals surface area (Å²) in [6, 6.07) is 17.7. The smallest absolute Gasteiger partial charge is 0.231 e. The van der Waals surface area contributed by atoms with Crippen LogP contribution >= 0.6 is 11.8 Å². The lowest BCUT2D eigenvalue weighted by atomic mass is 10.2. The molecule has 140 valence electrons. The van der Waals surface area contributed by atoms with Gasteiger partial charge in [-0.2, -0.15) is 0 Å². The zero-order valence-corrected chi connectivity index (χ0v) is 15.8. The second kappa shape index (κ2) is 7.05. The van der Waals surface area contributed by atoms with Crippen molar-refractivity contribution in [1.82, 2.24) is 19.9 Å². The Kier molecular flexibility index (Phi) is 4.25. The van der Waals surface area contributed by atoms with E-state index in [2.05, 4.69) is 15.4 Å². The van der Waals surface area contributed by atoms with Crippen LogP contribution in [0.15, 0.2) is 64.3 Å². The van der Waals surface area contributed by atoms with Crippen LogP contribution in [-0.2, 0) is 5.75 Å². The number of thioether (sulfide) groups is 1. The van der Waals surface area contributed by atoms with Gasteiger partial charge in [0.05, 0.1) is 11.4 Å². The SMILES string of the molecule is Cc1cc(CSc2nnc(-c3ccc4c(c3)OCO4)n2-c2ccccc2)on1. The first kappa shape index (κ1) is 16.9. The molecule has 7 nitrogen and oxygen atoms in total. The largest absolute Gasteiger partial charge is 0.454 e. The Labute approximate surface area is 165 Å². The molecule has 0 unspecified atom stereocenters. The van der Waals surface area contributed by atoms with Crippen molar-refractivity contribution < 1.29 is 14.0 Å². The summed E-state index contributed by atoms with van der Waals surface area (Å²) in [6.45, 7) is 2.14. The van der Waals surface area contributed by atoms with Crippen molar-refractivity contribution in [2.45, 2.75) is 17.8 Å². The first-order valence-electron chi connectivity index (χ1n) is 8.74. The van der Waals surface area contributed by atoms with Crippen LogP contribution in [-0.4, -0.2) is 26.7 Å². The lowest BCUT2D eigenvalue weighted by Crippen LogP contribution is -1.99. The highest BCUT2D eigenvalue weighted by Gasteiger charge is 2.20. The molecular weight excluding hydrogens is 376 g/mol. The summed E-state index contributed by atoms with van der Waals surface area (Å²) in [7, 11) is 0. The molecule has 8 heteroatoms. The van der Waals surface area contributed by atoms with Crippen molar-refractivity contribution in [3.63, 3.8) is 0 Å². The van der Waals surface area contributed by atoms with Crippen LogP contribution < -0.4 is 9.47 Å². The second-order valence-electron chi connectivity index (χ2n) is 6.27. The monoisotopic (exact) mass is 392 g/mol. The molecule has 0 radical (unpaired) electrons. The number of aromatic nitrogens is 4. The summed E-state index contributed by atoms with van der Waals surface area (Å²) in [5.74, 6) is 3.61. The van der Waals surface area contributed by atoms with Gasteiger partial charge >= 0.3 is 0 Å². The minimum atomic E-state index is 0.238. The zero-order chi connectivity index (χ0) is 18.9. The number of hydrogen-bond acceptors (Lipinski definition) is 7. The van der Waals surface area contributed by atoms with E-state index in [0.717, 1.165) is 39.4 Å². The Balaban J connectivity index is 1.54. The number of aryl methyl sites for hydroxylation is 1. The highest BCUT2D eigenvalue weighted by atomic mass is 32.2. The standard InChI is InChI=1S/C20H16N4O3S/c1-13-9-16(27-23-13)11-28-20-22-21-19(24(20)15-5-3-2-4-6-15)14-7-8-17-18(10-14)26-12-25-17/h2-10H,11-12H2,1H3. The summed E-state index contributed by atoms with van der Waals surface area (Å²) >= 11 is 1.55. The topological polar surface area (TPSA) is 75.2 Å². The van der Waals surface area contributed by atoms with Crippen molar-refractivity contribution in [3.05, 3.63) is 66.1 Å². The van der Waals surface area contributed by atoms with Crippen LogP contribution in [0.25, 0.3) is 17.1 Å². The molecule has 5 rings (SSSR count). The first-order chi connectivity index (χ1) is 13.8. The van der Waals surface area contributed by atoms with Crippen LogP contribution in [0, 0.1) is 6.92 Å². The zero-order valence-electron chi connectivity index (χ0n) is 15.0. The third kappa shape index (κ3) is 3.11. The molecule has 28 heavy (non-hydrogen) atoms. The van der Waals surface area contributed by atoms with Gasteiger partial charge in [-0.1, -0.05) is 35.1 Å². The maximum absolute atomic E-state index is 5.52. The third-order valence-corrected chi connectivity index (χ3v) is 5.25. The minimum Gasteiger partial charge on any atom is -0.454 e. The molecule has 0 spiro atoms. The Morgan fingerprint density at radius 2 is 1.86 bits per heavy atom. The van der Waals surface area contributed by atoms with E-state index in [4.69, 9.17) is 14.0 Å². The van der Waals surface area contributed by atoms with Crippen LogP contribution in [0.2, 0.25) is 0 Å². The fourth-order valence-electron chi connectivity index (χ4n) is 3.02. The fraction of sp³-hybridized carbons (Fsp3) is 0.150. The van der Waals surface area contributed by atoms with E-state index in [0.29, 0.717) is 11.5 Å². The van der Waals surface area contributed by atoms with E-state index in [1.54, 1.807) is 11.8 Å². The minimum absolute atomic E-state index is 0.238. The molecule has 0 aliphatic carbocycles. The third-order valence-electron chi connectivity index (χ3n) is 4.30. The van der Waals surface area contributed by atoms with Crippen LogP contribution in [0.4, 0.5) is 0 Å². The molecule has 0 saturated carbocycles. The molecule has 0 fully saturated rings. The molecule has 4 aromatic rings. The second-order valence-corrected chi connectivity index (χ2v) is 7.21. The van der Waals surface area contributed by atoms with Gasteiger partial charge in [0.2, 0.25) is 6.79 Å². The Morgan fingerprint density at radius 1 is 1.00 bits per heavy atom. The molecular formula is C20H16N4O3S. The average molecular weight is 392 g/mol. The fourth-order valence-corrected chi connectivity index (χ4v) is 3.84. The number of hydrogen-bond donors (Lipinski definition) is 0. The van der Waals surface area contributed by atoms with E-state index >= 15 is 0 Å². The predicted octanol–water partition coefficient (Wildman–Crippen LogP) is 4.25. The Morgan fingerprint density at radius 3 is 2.68 bits per heavy atom. The van der Waals surface area contributed by atoms with Crippen LogP contribution in [0.1, 0.15) is 11.5 Å². The number of benzene rings is 2. The summed E-state index contributed by atoms with van der Waals surface area (Å²) < 4.78 is 18.3. The summed E-state index contributed by atoms with van der Waals surface area (Å²) in [5, 5.41) is 13.6. The lowest BCUT2D eigenvalue weighted by molar-refractivity contribution is 0.174. The molecule has 3 heterocycles. The number of rotatable bonds is 5. The van der Waals surface area contributed by atoms with Gasteiger partial charge in [0.15, 0.2) is 22.5 Å². The molecule has 1 aliphatic heterocycles. The normalized spacial score (nSPS) is 12.5. The van der Waals surface area contributed by atoms with Crippen molar-refractivity contribution in [3.8, 4) is 28.6 Å².